The first-order chi connectivity index (χ1) is 9.99. The predicted octanol–water partition coefficient (Wildman–Crippen LogP) is 3.58. The number of alkyl carbamates (subject to hydrolysis) is 1. The van der Waals surface area contributed by atoms with Gasteiger partial charge in [0.25, 0.3) is 0 Å². The van der Waals surface area contributed by atoms with Gasteiger partial charge >= 0.3 is 12.1 Å². The van der Waals surface area contributed by atoms with Crippen LogP contribution in [0.15, 0.2) is 11.1 Å². The fourth-order valence-corrected chi connectivity index (χ4v) is 2.44. The van der Waals surface area contributed by atoms with Crippen molar-refractivity contribution in [1.82, 2.24) is 5.32 Å². The van der Waals surface area contributed by atoms with Crippen molar-refractivity contribution in [1.29, 1.82) is 0 Å². The second-order valence-electron chi connectivity index (χ2n) is 7.51. The summed E-state index contributed by atoms with van der Waals surface area (Å²) >= 11 is 0. The smallest absolute Gasteiger partial charge is 0.408 e. The molecule has 0 aromatic carbocycles. The van der Waals surface area contributed by atoms with Gasteiger partial charge in [0.1, 0.15) is 11.7 Å². The number of carbonyl (C=O) groups excluding carboxylic acids is 2. The maximum Gasteiger partial charge on any atom is 0.408 e. The van der Waals surface area contributed by atoms with Gasteiger partial charge in [-0.3, -0.25) is 0 Å². The highest BCUT2D eigenvalue weighted by atomic mass is 16.6. The van der Waals surface area contributed by atoms with E-state index < -0.39 is 11.7 Å². The topological polar surface area (TPSA) is 64.6 Å². The lowest BCUT2D eigenvalue weighted by molar-refractivity contribution is -0.140. The third-order valence-corrected chi connectivity index (χ3v) is 3.39. The van der Waals surface area contributed by atoms with E-state index in [1.165, 1.54) is 0 Å². The third-order valence-electron chi connectivity index (χ3n) is 3.39. The van der Waals surface area contributed by atoms with Crippen LogP contribution >= 0.6 is 0 Å². The van der Waals surface area contributed by atoms with Crippen LogP contribution in [0.5, 0.6) is 0 Å². The van der Waals surface area contributed by atoms with Crippen molar-refractivity contribution < 1.29 is 19.1 Å². The largest absolute Gasteiger partial charge is 0.456 e. The molecule has 0 aliphatic carbocycles. The molecule has 1 rings (SSSR count). The van der Waals surface area contributed by atoms with E-state index in [0.717, 1.165) is 12.0 Å². The molecule has 0 aromatic heterocycles. The third kappa shape index (κ3) is 5.70. The molecule has 22 heavy (non-hydrogen) atoms. The van der Waals surface area contributed by atoms with Crippen LogP contribution in [-0.4, -0.2) is 29.8 Å². The highest BCUT2D eigenvalue weighted by Crippen LogP contribution is 2.28. The lowest BCUT2D eigenvalue weighted by Gasteiger charge is -2.27. The first kappa shape index (κ1) is 18.5. The van der Waals surface area contributed by atoms with Crippen LogP contribution < -0.4 is 5.32 Å². The number of ether oxygens (including phenoxy) is 2. The second kappa shape index (κ2) is 7.16. The summed E-state index contributed by atoms with van der Waals surface area (Å²) in [6, 6.07) is -0.240. The molecule has 1 amide bonds. The molecule has 0 aromatic rings. The number of amides is 1. The Morgan fingerprint density at radius 2 is 1.95 bits per heavy atom. The minimum absolute atomic E-state index is 0.240. The Morgan fingerprint density at radius 1 is 1.36 bits per heavy atom. The highest BCUT2D eigenvalue weighted by molar-refractivity contribution is 5.91. The van der Waals surface area contributed by atoms with E-state index in [-0.39, 0.29) is 18.1 Å². The fraction of sp³-hybridized carbons (Fsp3) is 0.765. The van der Waals surface area contributed by atoms with E-state index >= 15 is 0 Å². The molecule has 0 bridgehead atoms. The van der Waals surface area contributed by atoms with Crippen molar-refractivity contribution in [3.63, 3.8) is 0 Å². The van der Waals surface area contributed by atoms with Crippen molar-refractivity contribution in [3.05, 3.63) is 11.1 Å². The van der Waals surface area contributed by atoms with Gasteiger partial charge in [0.2, 0.25) is 0 Å². The number of nitrogens with one attached hydrogen (secondary N) is 1. The van der Waals surface area contributed by atoms with E-state index in [4.69, 9.17) is 9.47 Å². The molecule has 1 unspecified atom stereocenters. The molecule has 0 saturated carbocycles. The SMILES string of the molecule is CC(C)=C1CC([C@@H](CC(C)C)NC(=O)OC(C)(C)C)OC1=O. The van der Waals surface area contributed by atoms with Crippen molar-refractivity contribution in [2.75, 3.05) is 0 Å². The standard InChI is InChI=1S/C17H29NO4/c1-10(2)8-13(18-16(20)22-17(5,6)7)14-9-12(11(3)4)15(19)21-14/h10,13-14H,8-9H2,1-7H3,(H,18,20)/t13-,14?/m1/s1. The van der Waals surface area contributed by atoms with Gasteiger partial charge in [-0.25, -0.2) is 9.59 Å². The van der Waals surface area contributed by atoms with E-state index in [0.29, 0.717) is 17.9 Å². The molecule has 1 aliphatic rings. The summed E-state index contributed by atoms with van der Waals surface area (Å²) < 4.78 is 10.8. The Balaban J connectivity index is 2.80. The number of hydrogen-bond acceptors (Lipinski definition) is 4. The fourth-order valence-electron chi connectivity index (χ4n) is 2.44. The summed E-state index contributed by atoms with van der Waals surface area (Å²) in [5.74, 6) is 0.0964. The number of esters is 1. The summed E-state index contributed by atoms with van der Waals surface area (Å²) in [6.07, 6.45) is 0.467. The Morgan fingerprint density at radius 3 is 2.36 bits per heavy atom. The van der Waals surface area contributed by atoms with Crippen LogP contribution in [0.4, 0.5) is 4.79 Å². The highest BCUT2D eigenvalue weighted by Gasteiger charge is 2.37. The summed E-state index contributed by atoms with van der Waals surface area (Å²) in [5, 5.41) is 2.87. The van der Waals surface area contributed by atoms with Gasteiger partial charge in [0.05, 0.1) is 6.04 Å². The second-order valence-corrected chi connectivity index (χ2v) is 7.51. The molecule has 126 valence electrons. The number of cyclic esters (lactones) is 1. The average molecular weight is 311 g/mol. The molecule has 2 atom stereocenters. The van der Waals surface area contributed by atoms with E-state index in [1.54, 1.807) is 0 Å². The van der Waals surface area contributed by atoms with Gasteiger partial charge in [-0.1, -0.05) is 19.4 Å². The van der Waals surface area contributed by atoms with Crippen LogP contribution in [0.2, 0.25) is 0 Å². The number of allylic oxidation sites excluding steroid dienone is 1. The minimum Gasteiger partial charge on any atom is -0.456 e. The van der Waals surface area contributed by atoms with E-state index in [2.05, 4.69) is 19.2 Å². The zero-order valence-corrected chi connectivity index (χ0v) is 14.8. The predicted molar refractivity (Wildman–Crippen MR) is 85.5 cm³/mol. The molecule has 0 spiro atoms. The summed E-state index contributed by atoms with van der Waals surface area (Å²) in [5.41, 5.74) is 1.13. The van der Waals surface area contributed by atoms with Gasteiger partial charge in [-0.15, -0.1) is 0 Å². The summed E-state index contributed by atoms with van der Waals surface area (Å²) in [6.45, 7) is 13.4. The first-order valence-corrected chi connectivity index (χ1v) is 7.86. The molecule has 0 radical (unpaired) electrons. The van der Waals surface area contributed by atoms with Crippen molar-refractivity contribution in [2.24, 2.45) is 5.92 Å². The zero-order chi connectivity index (χ0) is 17.1. The molecule has 1 aliphatic heterocycles. The minimum atomic E-state index is -0.552. The number of hydrogen-bond donors (Lipinski definition) is 1. The molecule has 1 N–H and O–H groups in total. The Kier molecular flexibility index (Phi) is 6.03. The van der Waals surface area contributed by atoms with Crippen LogP contribution in [0.1, 0.15) is 61.3 Å². The van der Waals surface area contributed by atoms with Gasteiger partial charge in [-0.05, 0) is 47.0 Å². The molecule has 1 saturated heterocycles. The normalized spacial score (nSPS) is 19.9. The molecule has 1 heterocycles. The first-order valence-electron chi connectivity index (χ1n) is 7.86. The quantitative estimate of drug-likeness (QED) is 0.636. The van der Waals surface area contributed by atoms with Crippen LogP contribution in [-0.2, 0) is 14.3 Å². The molecule has 5 nitrogen and oxygen atoms in total. The Labute approximate surface area is 133 Å². The van der Waals surface area contributed by atoms with Gasteiger partial charge in [-0.2, -0.15) is 0 Å². The van der Waals surface area contributed by atoms with Crippen LogP contribution in [0.25, 0.3) is 0 Å². The van der Waals surface area contributed by atoms with E-state index in [1.807, 2.05) is 34.6 Å². The van der Waals surface area contributed by atoms with Gasteiger partial charge in [0, 0.05) is 12.0 Å². The van der Waals surface area contributed by atoms with Crippen LogP contribution in [0, 0.1) is 5.92 Å². The van der Waals surface area contributed by atoms with Crippen molar-refractivity contribution in [2.45, 2.75) is 79.1 Å². The average Bonchev–Trinajstić information content (AvgIpc) is 2.67. The van der Waals surface area contributed by atoms with Crippen molar-refractivity contribution >= 4 is 12.1 Å². The van der Waals surface area contributed by atoms with E-state index in [9.17, 15) is 9.59 Å². The lowest BCUT2D eigenvalue weighted by Crippen LogP contribution is -2.46. The maximum atomic E-state index is 12.0. The number of rotatable bonds is 4. The molecular weight excluding hydrogens is 282 g/mol. The van der Waals surface area contributed by atoms with Crippen molar-refractivity contribution in [3.8, 4) is 0 Å². The molecule has 1 fully saturated rings. The van der Waals surface area contributed by atoms with Gasteiger partial charge < -0.3 is 14.8 Å². The Hall–Kier alpha value is -1.52. The number of carbonyl (C=O) groups is 2. The summed E-state index contributed by atoms with van der Waals surface area (Å²) in [4.78, 5) is 23.9. The monoisotopic (exact) mass is 311 g/mol. The summed E-state index contributed by atoms with van der Waals surface area (Å²) in [7, 11) is 0. The van der Waals surface area contributed by atoms with Crippen LogP contribution in [0.3, 0.4) is 0 Å². The lowest BCUT2D eigenvalue weighted by atomic mass is 9.95. The molecular formula is C17H29NO4. The molecule has 5 heteroatoms. The Bertz CT molecular complexity index is 456. The van der Waals surface area contributed by atoms with Gasteiger partial charge in [0.15, 0.2) is 0 Å². The maximum absolute atomic E-state index is 12.0. The zero-order valence-electron chi connectivity index (χ0n) is 14.8.